The Balaban J connectivity index is 2.35. The standard InChI is InChI=1S/C13H28N2/c1-5-6-13(14-4)10-15-8-11(2)7-12(3)9-15/h11-14H,5-10H2,1-4H3. The number of piperidine rings is 1. The summed E-state index contributed by atoms with van der Waals surface area (Å²) in [6.45, 7) is 10.9. The Morgan fingerprint density at radius 2 is 1.87 bits per heavy atom. The van der Waals surface area contributed by atoms with E-state index in [0.717, 1.165) is 11.8 Å². The van der Waals surface area contributed by atoms with Gasteiger partial charge in [-0.2, -0.15) is 0 Å². The molecule has 3 atom stereocenters. The van der Waals surface area contributed by atoms with Crippen LogP contribution < -0.4 is 5.32 Å². The lowest BCUT2D eigenvalue weighted by atomic mass is 9.91. The third-order valence-electron chi connectivity index (χ3n) is 3.47. The highest BCUT2D eigenvalue weighted by molar-refractivity contribution is 4.78. The number of nitrogens with one attached hydrogen (secondary N) is 1. The predicted molar refractivity (Wildman–Crippen MR) is 67.1 cm³/mol. The molecule has 0 aromatic carbocycles. The number of nitrogens with zero attached hydrogens (tertiary/aromatic N) is 1. The summed E-state index contributed by atoms with van der Waals surface area (Å²) in [7, 11) is 2.09. The summed E-state index contributed by atoms with van der Waals surface area (Å²) in [5, 5.41) is 3.44. The lowest BCUT2D eigenvalue weighted by Crippen LogP contribution is -2.45. The van der Waals surface area contributed by atoms with Gasteiger partial charge >= 0.3 is 0 Å². The molecule has 1 N–H and O–H groups in total. The van der Waals surface area contributed by atoms with Crippen LogP contribution in [0.15, 0.2) is 0 Å². The second-order valence-corrected chi connectivity index (χ2v) is 5.44. The molecule has 1 saturated heterocycles. The molecule has 0 bridgehead atoms. The topological polar surface area (TPSA) is 15.3 Å². The van der Waals surface area contributed by atoms with E-state index in [-0.39, 0.29) is 0 Å². The van der Waals surface area contributed by atoms with Crippen molar-refractivity contribution in [2.75, 3.05) is 26.7 Å². The molecular weight excluding hydrogens is 184 g/mol. The Morgan fingerprint density at radius 3 is 2.33 bits per heavy atom. The quantitative estimate of drug-likeness (QED) is 0.752. The zero-order chi connectivity index (χ0) is 11.3. The van der Waals surface area contributed by atoms with E-state index in [1.54, 1.807) is 0 Å². The van der Waals surface area contributed by atoms with Crippen LogP contribution in [-0.2, 0) is 0 Å². The fourth-order valence-corrected chi connectivity index (χ4v) is 2.93. The average molecular weight is 212 g/mol. The Labute approximate surface area is 95.4 Å². The minimum absolute atomic E-state index is 0.687. The molecule has 1 heterocycles. The van der Waals surface area contributed by atoms with Crippen LogP contribution in [0.1, 0.15) is 40.0 Å². The molecule has 90 valence electrons. The zero-order valence-corrected chi connectivity index (χ0v) is 10.9. The maximum Gasteiger partial charge on any atom is 0.0191 e. The number of likely N-dealkylation sites (N-methyl/N-ethyl adjacent to an activating group) is 1. The Bertz CT molecular complexity index is 160. The summed E-state index contributed by atoms with van der Waals surface area (Å²) in [4.78, 5) is 2.65. The number of hydrogen-bond donors (Lipinski definition) is 1. The Hall–Kier alpha value is -0.0800. The minimum atomic E-state index is 0.687. The fraction of sp³-hybridized carbons (Fsp3) is 1.00. The van der Waals surface area contributed by atoms with Gasteiger partial charge in [-0.3, -0.25) is 0 Å². The van der Waals surface area contributed by atoms with Gasteiger partial charge in [-0.15, -0.1) is 0 Å². The molecule has 1 fully saturated rings. The lowest BCUT2D eigenvalue weighted by molar-refractivity contribution is 0.128. The maximum absolute atomic E-state index is 3.44. The van der Waals surface area contributed by atoms with E-state index >= 15 is 0 Å². The van der Waals surface area contributed by atoms with Crippen molar-refractivity contribution in [2.45, 2.75) is 46.1 Å². The van der Waals surface area contributed by atoms with Gasteiger partial charge in [-0.05, 0) is 31.7 Å². The summed E-state index contributed by atoms with van der Waals surface area (Å²) in [6, 6.07) is 0.687. The third kappa shape index (κ3) is 4.52. The second-order valence-electron chi connectivity index (χ2n) is 5.44. The molecule has 3 unspecified atom stereocenters. The van der Waals surface area contributed by atoms with Crippen molar-refractivity contribution in [3.63, 3.8) is 0 Å². The highest BCUT2D eigenvalue weighted by Gasteiger charge is 2.23. The van der Waals surface area contributed by atoms with E-state index in [9.17, 15) is 0 Å². The lowest BCUT2D eigenvalue weighted by Gasteiger charge is -2.37. The Kier molecular flexibility index (Phi) is 5.62. The van der Waals surface area contributed by atoms with Crippen LogP contribution in [0.4, 0.5) is 0 Å². The maximum atomic E-state index is 3.44. The van der Waals surface area contributed by atoms with Gasteiger partial charge in [0.25, 0.3) is 0 Å². The molecule has 2 heteroatoms. The number of hydrogen-bond acceptors (Lipinski definition) is 2. The first-order valence-electron chi connectivity index (χ1n) is 6.55. The van der Waals surface area contributed by atoms with Crippen LogP contribution in [0.3, 0.4) is 0 Å². The summed E-state index contributed by atoms with van der Waals surface area (Å²) in [5.41, 5.74) is 0. The number of likely N-dealkylation sites (tertiary alicyclic amines) is 1. The fourth-order valence-electron chi connectivity index (χ4n) is 2.93. The van der Waals surface area contributed by atoms with Crippen molar-refractivity contribution in [1.29, 1.82) is 0 Å². The van der Waals surface area contributed by atoms with E-state index in [4.69, 9.17) is 0 Å². The van der Waals surface area contributed by atoms with Crippen molar-refractivity contribution < 1.29 is 0 Å². The summed E-state index contributed by atoms with van der Waals surface area (Å²) >= 11 is 0. The van der Waals surface area contributed by atoms with Gasteiger partial charge in [-0.1, -0.05) is 27.2 Å². The second kappa shape index (κ2) is 6.49. The normalized spacial score (nSPS) is 30.4. The molecule has 0 aromatic rings. The molecule has 1 aliphatic heterocycles. The van der Waals surface area contributed by atoms with Gasteiger partial charge in [0, 0.05) is 25.7 Å². The highest BCUT2D eigenvalue weighted by atomic mass is 15.2. The first-order valence-corrected chi connectivity index (χ1v) is 6.55. The van der Waals surface area contributed by atoms with Crippen LogP contribution >= 0.6 is 0 Å². The van der Waals surface area contributed by atoms with Crippen LogP contribution in [0.5, 0.6) is 0 Å². The Morgan fingerprint density at radius 1 is 1.27 bits per heavy atom. The molecule has 0 aliphatic carbocycles. The molecule has 1 aliphatic rings. The summed E-state index contributed by atoms with van der Waals surface area (Å²) < 4.78 is 0. The van der Waals surface area contributed by atoms with E-state index < -0.39 is 0 Å². The van der Waals surface area contributed by atoms with Crippen molar-refractivity contribution in [2.24, 2.45) is 11.8 Å². The first kappa shape index (κ1) is 13.0. The predicted octanol–water partition coefficient (Wildman–Crippen LogP) is 2.35. The van der Waals surface area contributed by atoms with E-state index in [0.29, 0.717) is 6.04 Å². The van der Waals surface area contributed by atoms with Crippen LogP contribution in [-0.4, -0.2) is 37.6 Å². The van der Waals surface area contributed by atoms with Crippen molar-refractivity contribution in [1.82, 2.24) is 10.2 Å². The van der Waals surface area contributed by atoms with Crippen LogP contribution in [0.2, 0.25) is 0 Å². The SMILES string of the molecule is CCCC(CN1CC(C)CC(C)C1)NC. The molecule has 1 rings (SSSR count). The van der Waals surface area contributed by atoms with Crippen LogP contribution in [0.25, 0.3) is 0 Å². The molecule has 0 saturated carbocycles. The monoisotopic (exact) mass is 212 g/mol. The largest absolute Gasteiger partial charge is 0.316 e. The van der Waals surface area contributed by atoms with Gasteiger partial charge in [0.15, 0.2) is 0 Å². The van der Waals surface area contributed by atoms with E-state index in [1.807, 2.05) is 0 Å². The third-order valence-corrected chi connectivity index (χ3v) is 3.47. The summed E-state index contributed by atoms with van der Waals surface area (Å²) in [6.07, 6.45) is 3.99. The average Bonchev–Trinajstić information content (AvgIpc) is 2.15. The van der Waals surface area contributed by atoms with E-state index in [2.05, 4.69) is 38.0 Å². The van der Waals surface area contributed by atoms with Crippen LogP contribution in [0, 0.1) is 11.8 Å². The number of rotatable bonds is 5. The van der Waals surface area contributed by atoms with Gasteiger partial charge in [-0.25, -0.2) is 0 Å². The molecule has 0 aromatic heterocycles. The van der Waals surface area contributed by atoms with Crippen molar-refractivity contribution >= 4 is 0 Å². The van der Waals surface area contributed by atoms with E-state index in [1.165, 1.54) is 38.9 Å². The zero-order valence-electron chi connectivity index (χ0n) is 10.9. The van der Waals surface area contributed by atoms with Gasteiger partial charge in [0.1, 0.15) is 0 Å². The first-order chi connectivity index (χ1) is 7.15. The van der Waals surface area contributed by atoms with Crippen molar-refractivity contribution in [3.8, 4) is 0 Å². The molecule has 0 radical (unpaired) electrons. The molecule has 0 spiro atoms. The minimum Gasteiger partial charge on any atom is -0.316 e. The molecule has 2 nitrogen and oxygen atoms in total. The summed E-state index contributed by atoms with van der Waals surface area (Å²) in [5.74, 6) is 1.76. The van der Waals surface area contributed by atoms with Crippen molar-refractivity contribution in [3.05, 3.63) is 0 Å². The van der Waals surface area contributed by atoms with Gasteiger partial charge in [0.2, 0.25) is 0 Å². The smallest absolute Gasteiger partial charge is 0.0191 e. The highest BCUT2D eigenvalue weighted by Crippen LogP contribution is 2.21. The van der Waals surface area contributed by atoms with Gasteiger partial charge in [0.05, 0.1) is 0 Å². The van der Waals surface area contributed by atoms with Gasteiger partial charge < -0.3 is 10.2 Å². The molecular formula is C13H28N2. The molecule has 0 amide bonds. The molecule has 15 heavy (non-hydrogen) atoms.